The zero-order valence-corrected chi connectivity index (χ0v) is 11.2. The normalized spacial score (nSPS) is 25.5. The first kappa shape index (κ1) is 13.5. The first-order chi connectivity index (χ1) is 8.76. The molecule has 3 unspecified atom stereocenters. The molecule has 0 aromatic carbocycles. The molecule has 1 aliphatic rings. The second-order valence-corrected chi connectivity index (χ2v) is 4.57. The smallest absolute Gasteiger partial charge is 0.233 e. The summed E-state index contributed by atoms with van der Waals surface area (Å²) in [6.07, 6.45) is 0.950. The molecule has 102 valence electrons. The van der Waals surface area contributed by atoms with Crippen molar-refractivity contribution >= 4 is 0 Å². The van der Waals surface area contributed by atoms with Gasteiger partial charge in [-0.25, -0.2) is 0 Å². The van der Waals surface area contributed by atoms with Crippen molar-refractivity contribution in [3.8, 4) is 0 Å². The Labute approximate surface area is 107 Å². The SMILES string of the molecule is CCCNC1COCC1c1nc(C(C)OC)no1. The lowest BCUT2D eigenvalue weighted by Crippen LogP contribution is -2.35. The van der Waals surface area contributed by atoms with Gasteiger partial charge < -0.3 is 19.3 Å². The van der Waals surface area contributed by atoms with Gasteiger partial charge in [0, 0.05) is 13.2 Å². The van der Waals surface area contributed by atoms with Crippen LogP contribution in [-0.4, -0.2) is 43.1 Å². The van der Waals surface area contributed by atoms with Crippen LogP contribution in [0.5, 0.6) is 0 Å². The van der Waals surface area contributed by atoms with Crippen LogP contribution in [0.2, 0.25) is 0 Å². The van der Waals surface area contributed by atoms with E-state index in [1.165, 1.54) is 0 Å². The average Bonchev–Trinajstić information content (AvgIpc) is 3.03. The number of nitrogens with one attached hydrogen (secondary N) is 1. The van der Waals surface area contributed by atoms with Crippen molar-refractivity contribution in [2.24, 2.45) is 0 Å². The van der Waals surface area contributed by atoms with Gasteiger partial charge in [-0.3, -0.25) is 0 Å². The zero-order chi connectivity index (χ0) is 13.0. The van der Waals surface area contributed by atoms with Gasteiger partial charge in [0.2, 0.25) is 5.89 Å². The highest BCUT2D eigenvalue weighted by molar-refractivity contribution is 5.03. The Morgan fingerprint density at radius 1 is 1.50 bits per heavy atom. The van der Waals surface area contributed by atoms with Crippen molar-refractivity contribution in [1.29, 1.82) is 0 Å². The molecular formula is C12H21N3O3. The van der Waals surface area contributed by atoms with Crippen LogP contribution in [0.1, 0.15) is 44.0 Å². The monoisotopic (exact) mass is 255 g/mol. The van der Waals surface area contributed by atoms with E-state index in [2.05, 4.69) is 22.4 Å². The summed E-state index contributed by atoms with van der Waals surface area (Å²) in [4.78, 5) is 4.40. The molecule has 2 rings (SSSR count). The van der Waals surface area contributed by atoms with Gasteiger partial charge >= 0.3 is 0 Å². The molecule has 0 amide bonds. The zero-order valence-electron chi connectivity index (χ0n) is 11.2. The molecule has 1 aromatic rings. The summed E-state index contributed by atoms with van der Waals surface area (Å²) < 4.78 is 16.0. The Balaban J connectivity index is 2.03. The van der Waals surface area contributed by atoms with Gasteiger partial charge in [0.15, 0.2) is 5.82 Å². The number of hydrogen-bond donors (Lipinski definition) is 1. The number of nitrogens with zero attached hydrogens (tertiary/aromatic N) is 2. The molecule has 1 fully saturated rings. The predicted molar refractivity (Wildman–Crippen MR) is 65.4 cm³/mol. The molecule has 0 bridgehead atoms. The Hall–Kier alpha value is -0.980. The predicted octanol–water partition coefficient (Wildman–Crippen LogP) is 1.26. The van der Waals surface area contributed by atoms with E-state index >= 15 is 0 Å². The molecule has 0 spiro atoms. The standard InChI is InChI=1S/C12H21N3O3/c1-4-5-13-10-7-17-6-9(10)12-14-11(15-18-12)8(2)16-3/h8-10,13H,4-7H2,1-3H3. The minimum absolute atomic E-state index is 0.141. The second kappa shape index (κ2) is 6.26. The molecular weight excluding hydrogens is 234 g/mol. The summed E-state index contributed by atoms with van der Waals surface area (Å²) in [7, 11) is 1.63. The summed E-state index contributed by atoms with van der Waals surface area (Å²) in [5.41, 5.74) is 0. The molecule has 1 aromatic heterocycles. The van der Waals surface area contributed by atoms with Crippen LogP contribution in [0.15, 0.2) is 4.52 Å². The van der Waals surface area contributed by atoms with E-state index in [9.17, 15) is 0 Å². The van der Waals surface area contributed by atoms with Gasteiger partial charge in [0.25, 0.3) is 0 Å². The van der Waals surface area contributed by atoms with E-state index in [0.717, 1.165) is 13.0 Å². The largest absolute Gasteiger partial charge is 0.379 e. The number of aromatic nitrogens is 2. The van der Waals surface area contributed by atoms with Crippen molar-refractivity contribution in [2.75, 3.05) is 26.9 Å². The lowest BCUT2D eigenvalue weighted by Gasteiger charge is -2.15. The lowest BCUT2D eigenvalue weighted by molar-refractivity contribution is 0.109. The van der Waals surface area contributed by atoms with E-state index in [0.29, 0.717) is 24.9 Å². The maximum absolute atomic E-state index is 5.50. The number of ether oxygens (including phenoxy) is 2. The van der Waals surface area contributed by atoms with E-state index in [1.807, 2.05) is 6.92 Å². The Morgan fingerprint density at radius 3 is 3.06 bits per heavy atom. The van der Waals surface area contributed by atoms with Gasteiger partial charge in [-0.1, -0.05) is 12.1 Å². The number of rotatable bonds is 6. The van der Waals surface area contributed by atoms with Crippen LogP contribution in [-0.2, 0) is 9.47 Å². The topological polar surface area (TPSA) is 69.4 Å². The van der Waals surface area contributed by atoms with Crippen molar-refractivity contribution in [3.63, 3.8) is 0 Å². The second-order valence-electron chi connectivity index (χ2n) is 4.57. The maximum atomic E-state index is 5.50. The van der Waals surface area contributed by atoms with Crippen LogP contribution < -0.4 is 5.32 Å². The third kappa shape index (κ3) is 2.88. The maximum Gasteiger partial charge on any atom is 0.233 e. The van der Waals surface area contributed by atoms with Crippen molar-refractivity contribution in [2.45, 2.75) is 38.3 Å². The quantitative estimate of drug-likeness (QED) is 0.825. The molecule has 3 atom stereocenters. The van der Waals surface area contributed by atoms with E-state index in [-0.39, 0.29) is 18.1 Å². The summed E-state index contributed by atoms with van der Waals surface area (Å²) in [5.74, 6) is 1.37. The van der Waals surface area contributed by atoms with Crippen LogP contribution >= 0.6 is 0 Å². The van der Waals surface area contributed by atoms with E-state index in [4.69, 9.17) is 14.0 Å². The third-order valence-electron chi connectivity index (χ3n) is 3.23. The summed E-state index contributed by atoms with van der Waals surface area (Å²) in [6.45, 7) is 6.34. The van der Waals surface area contributed by atoms with Crippen molar-refractivity contribution in [3.05, 3.63) is 11.7 Å². The molecule has 0 saturated carbocycles. The van der Waals surface area contributed by atoms with Crippen LogP contribution in [0, 0.1) is 0 Å². The molecule has 0 radical (unpaired) electrons. The van der Waals surface area contributed by atoms with E-state index in [1.54, 1.807) is 7.11 Å². The summed E-state index contributed by atoms with van der Waals surface area (Å²) >= 11 is 0. The first-order valence-corrected chi connectivity index (χ1v) is 6.43. The minimum atomic E-state index is -0.146. The first-order valence-electron chi connectivity index (χ1n) is 6.43. The molecule has 2 heterocycles. The Kier molecular flexibility index (Phi) is 4.68. The summed E-state index contributed by atoms with van der Waals surface area (Å²) in [5, 5.41) is 7.40. The Bertz CT molecular complexity index is 369. The molecule has 0 aliphatic carbocycles. The number of methoxy groups -OCH3 is 1. The highest BCUT2D eigenvalue weighted by Gasteiger charge is 2.33. The van der Waals surface area contributed by atoms with Gasteiger partial charge in [-0.15, -0.1) is 0 Å². The average molecular weight is 255 g/mol. The van der Waals surface area contributed by atoms with Gasteiger partial charge in [0.1, 0.15) is 6.10 Å². The molecule has 1 saturated heterocycles. The van der Waals surface area contributed by atoms with Crippen LogP contribution in [0.4, 0.5) is 0 Å². The Morgan fingerprint density at radius 2 is 2.33 bits per heavy atom. The summed E-state index contributed by atoms with van der Waals surface area (Å²) in [6, 6.07) is 0.260. The van der Waals surface area contributed by atoms with Crippen molar-refractivity contribution < 1.29 is 14.0 Å². The fourth-order valence-corrected chi connectivity index (χ4v) is 2.00. The molecule has 18 heavy (non-hydrogen) atoms. The highest BCUT2D eigenvalue weighted by atomic mass is 16.5. The van der Waals surface area contributed by atoms with Crippen LogP contribution in [0.3, 0.4) is 0 Å². The third-order valence-corrected chi connectivity index (χ3v) is 3.23. The molecule has 1 aliphatic heterocycles. The lowest BCUT2D eigenvalue weighted by atomic mass is 10.0. The number of hydrogen-bond acceptors (Lipinski definition) is 6. The fraction of sp³-hybridized carbons (Fsp3) is 0.833. The van der Waals surface area contributed by atoms with Crippen LogP contribution in [0.25, 0.3) is 0 Å². The molecule has 6 heteroatoms. The van der Waals surface area contributed by atoms with Gasteiger partial charge in [0.05, 0.1) is 19.1 Å². The molecule has 6 nitrogen and oxygen atoms in total. The van der Waals surface area contributed by atoms with Gasteiger partial charge in [-0.2, -0.15) is 4.98 Å². The molecule has 1 N–H and O–H groups in total. The van der Waals surface area contributed by atoms with E-state index < -0.39 is 0 Å². The van der Waals surface area contributed by atoms with Crippen molar-refractivity contribution in [1.82, 2.24) is 15.5 Å². The highest BCUT2D eigenvalue weighted by Crippen LogP contribution is 2.25. The fourth-order valence-electron chi connectivity index (χ4n) is 2.00. The van der Waals surface area contributed by atoms with Gasteiger partial charge in [-0.05, 0) is 19.9 Å². The minimum Gasteiger partial charge on any atom is -0.379 e.